The molecule has 0 saturated heterocycles. The quantitative estimate of drug-likeness (QED) is 0.689. The van der Waals surface area contributed by atoms with Gasteiger partial charge in [0.2, 0.25) is 0 Å². The van der Waals surface area contributed by atoms with Gasteiger partial charge in [0.1, 0.15) is 18.0 Å². The monoisotopic (exact) mass is 391 g/mol. The van der Waals surface area contributed by atoms with E-state index in [1.54, 1.807) is 30.8 Å². The van der Waals surface area contributed by atoms with Crippen LogP contribution in [0.2, 0.25) is 0 Å². The molecule has 0 spiro atoms. The third kappa shape index (κ3) is 3.22. The lowest BCUT2D eigenvalue weighted by Crippen LogP contribution is -2.35. The van der Waals surface area contributed by atoms with Crippen molar-refractivity contribution in [3.63, 3.8) is 0 Å². The Balaban J connectivity index is 1.99. The Labute approximate surface area is 168 Å². The first kappa shape index (κ1) is 19.0. The molecule has 6 nitrogen and oxygen atoms in total. The SMILES string of the molecule is CN=C1c2c(cc(C)cc2C(C)=O)NC(c2ccc(F)cc2)[C@H]1c1ncnn1C. The first-order valence-corrected chi connectivity index (χ1v) is 9.39. The van der Waals surface area contributed by atoms with Crippen LogP contribution in [0.3, 0.4) is 0 Å². The number of carbonyl (C=O) groups is 1. The molecule has 1 aromatic heterocycles. The Morgan fingerprint density at radius 2 is 1.97 bits per heavy atom. The fraction of sp³-hybridized carbons (Fsp3) is 0.273. The number of hydrogen-bond acceptors (Lipinski definition) is 5. The van der Waals surface area contributed by atoms with Crippen LogP contribution in [-0.4, -0.2) is 33.3 Å². The molecule has 3 aromatic rings. The molecular weight excluding hydrogens is 369 g/mol. The summed E-state index contributed by atoms with van der Waals surface area (Å²) in [6.07, 6.45) is 1.50. The first-order chi connectivity index (χ1) is 13.9. The van der Waals surface area contributed by atoms with E-state index in [1.165, 1.54) is 18.5 Å². The molecule has 1 N–H and O–H groups in total. The van der Waals surface area contributed by atoms with Crippen LogP contribution in [0.25, 0.3) is 0 Å². The van der Waals surface area contributed by atoms with Gasteiger partial charge in [-0.1, -0.05) is 12.1 Å². The third-order valence-corrected chi connectivity index (χ3v) is 5.35. The van der Waals surface area contributed by atoms with Gasteiger partial charge in [0.15, 0.2) is 5.78 Å². The molecule has 0 radical (unpaired) electrons. The average Bonchev–Trinajstić information content (AvgIpc) is 3.11. The van der Waals surface area contributed by atoms with Crippen LogP contribution in [0.4, 0.5) is 10.1 Å². The number of nitrogens with one attached hydrogen (secondary N) is 1. The van der Waals surface area contributed by atoms with Gasteiger partial charge >= 0.3 is 0 Å². The van der Waals surface area contributed by atoms with Crippen molar-refractivity contribution in [2.75, 3.05) is 12.4 Å². The highest BCUT2D eigenvalue weighted by Crippen LogP contribution is 2.43. The lowest BCUT2D eigenvalue weighted by molar-refractivity contribution is 0.101. The minimum absolute atomic E-state index is 0.0233. The van der Waals surface area contributed by atoms with E-state index < -0.39 is 0 Å². The highest BCUT2D eigenvalue weighted by molar-refractivity contribution is 6.17. The maximum absolute atomic E-state index is 13.6. The van der Waals surface area contributed by atoms with Crippen molar-refractivity contribution in [3.8, 4) is 0 Å². The van der Waals surface area contributed by atoms with E-state index in [0.717, 1.165) is 28.1 Å². The van der Waals surface area contributed by atoms with Crippen LogP contribution < -0.4 is 5.32 Å². The van der Waals surface area contributed by atoms with Crippen molar-refractivity contribution < 1.29 is 9.18 Å². The number of aryl methyl sites for hydroxylation is 2. The van der Waals surface area contributed by atoms with Gasteiger partial charge in [-0.05, 0) is 49.2 Å². The summed E-state index contributed by atoms with van der Waals surface area (Å²) in [6.45, 7) is 3.52. The molecule has 29 heavy (non-hydrogen) atoms. The van der Waals surface area contributed by atoms with E-state index in [-0.39, 0.29) is 23.6 Å². The minimum Gasteiger partial charge on any atom is -0.377 e. The Kier molecular flexibility index (Phi) is 4.74. The van der Waals surface area contributed by atoms with Gasteiger partial charge in [-0.25, -0.2) is 9.37 Å². The lowest BCUT2D eigenvalue weighted by atomic mass is 9.78. The second-order valence-corrected chi connectivity index (χ2v) is 7.29. The summed E-state index contributed by atoms with van der Waals surface area (Å²) in [4.78, 5) is 21.5. The average molecular weight is 391 g/mol. The summed E-state index contributed by atoms with van der Waals surface area (Å²) in [5.74, 6) is 0.100. The molecule has 0 fully saturated rings. The molecule has 2 heterocycles. The van der Waals surface area contributed by atoms with E-state index in [0.29, 0.717) is 11.4 Å². The number of halogens is 1. The Morgan fingerprint density at radius 3 is 2.55 bits per heavy atom. The molecule has 0 bridgehead atoms. The molecule has 1 aliphatic rings. The molecule has 0 amide bonds. The number of fused-ring (bicyclic) bond motifs is 1. The van der Waals surface area contributed by atoms with Crippen LogP contribution in [0.1, 0.15) is 51.8 Å². The largest absolute Gasteiger partial charge is 0.377 e. The van der Waals surface area contributed by atoms with E-state index in [9.17, 15) is 9.18 Å². The summed E-state index contributed by atoms with van der Waals surface area (Å²) in [6, 6.07) is 10.1. The maximum Gasteiger partial charge on any atom is 0.160 e. The number of Topliss-reactive ketones (excluding diaryl/α,β-unsaturated/α-hetero) is 1. The summed E-state index contributed by atoms with van der Waals surface area (Å²) in [7, 11) is 3.55. The highest BCUT2D eigenvalue weighted by Gasteiger charge is 2.39. The second kappa shape index (κ2) is 7.24. The van der Waals surface area contributed by atoms with Gasteiger partial charge in [0, 0.05) is 30.9 Å². The molecule has 0 aliphatic carbocycles. The lowest BCUT2D eigenvalue weighted by Gasteiger charge is -2.36. The number of aliphatic imine (C=N–C) groups is 1. The van der Waals surface area contributed by atoms with Crippen molar-refractivity contribution in [2.45, 2.75) is 25.8 Å². The summed E-state index contributed by atoms with van der Waals surface area (Å²) in [5.41, 5.74) is 4.89. The van der Waals surface area contributed by atoms with Crippen LogP contribution in [-0.2, 0) is 7.05 Å². The van der Waals surface area contributed by atoms with Gasteiger partial charge in [0.25, 0.3) is 0 Å². The Bertz CT molecular complexity index is 1120. The number of hydrogen-bond donors (Lipinski definition) is 1. The van der Waals surface area contributed by atoms with Crippen molar-refractivity contribution in [1.29, 1.82) is 0 Å². The zero-order valence-electron chi connectivity index (χ0n) is 16.8. The number of ketones is 1. The standard InChI is InChI=1S/C22H22FN5O/c1-12-9-16(13(2)29)18-17(10-12)27-20(14-5-7-15(23)8-6-14)19(21(18)24-3)22-25-11-26-28(22)4/h5-11,19-20,27H,1-4H3/t19-,20?/m1/s1. The molecule has 2 aromatic carbocycles. The summed E-state index contributed by atoms with van der Waals surface area (Å²) in [5, 5.41) is 7.79. The van der Waals surface area contributed by atoms with Crippen molar-refractivity contribution in [3.05, 3.63) is 76.6 Å². The zero-order chi connectivity index (χ0) is 20.7. The molecule has 7 heteroatoms. The van der Waals surface area contributed by atoms with Gasteiger partial charge in [0.05, 0.1) is 17.7 Å². The number of aromatic nitrogens is 3. The predicted molar refractivity (Wildman–Crippen MR) is 110 cm³/mol. The zero-order valence-corrected chi connectivity index (χ0v) is 16.8. The van der Waals surface area contributed by atoms with Crippen LogP contribution >= 0.6 is 0 Å². The van der Waals surface area contributed by atoms with Crippen LogP contribution in [0.15, 0.2) is 47.7 Å². The smallest absolute Gasteiger partial charge is 0.160 e. The molecular formula is C22H22FN5O. The predicted octanol–water partition coefficient (Wildman–Crippen LogP) is 3.83. The Hall–Kier alpha value is -3.35. The third-order valence-electron chi connectivity index (χ3n) is 5.35. The topological polar surface area (TPSA) is 72.2 Å². The number of benzene rings is 2. The molecule has 1 aliphatic heterocycles. The normalized spacial score (nSPS) is 19.7. The minimum atomic E-state index is -0.300. The van der Waals surface area contributed by atoms with Gasteiger partial charge < -0.3 is 5.32 Å². The summed E-state index contributed by atoms with van der Waals surface area (Å²) >= 11 is 0. The van der Waals surface area contributed by atoms with Gasteiger partial charge in [-0.3, -0.25) is 14.5 Å². The van der Waals surface area contributed by atoms with E-state index in [1.807, 2.05) is 26.1 Å². The first-order valence-electron chi connectivity index (χ1n) is 9.39. The van der Waals surface area contributed by atoms with E-state index >= 15 is 0 Å². The van der Waals surface area contributed by atoms with E-state index in [2.05, 4.69) is 20.4 Å². The van der Waals surface area contributed by atoms with Gasteiger partial charge in [-0.2, -0.15) is 5.10 Å². The molecule has 148 valence electrons. The highest BCUT2D eigenvalue weighted by atomic mass is 19.1. The van der Waals surface area contributed by atoms with Crippen LogP contribution in [0.5, 0.6) is 0 Å². The fourth-order valence-electron chi connectivity index (χ4n) is 4.07. The molecule has 4 rings (SSSR count). The Morgan fingerprint density at radius 1 is 1.24 bits per heavy atom. The second-order valence-electron chi connectivity index (χ2n) is 7.29. The number of rotatable bonds is 3. The van der Waals surface area contributed by atoms with Gasteiger partial charge in [-0.15, -0.1) is 0 Å². The van der Waals surface area contributed by atoms with Crippen molar-refractivity contribution in [2.24, 2.45) is 12.0 Å². The number of carbonyl (C=O) groups excluding carboxylic acids is 1. The molecule has 0 saturated carbocycles. The van der Waals surface area contributed by atoms with Crippen LogP contribution in [0, 0.1) is 12.7 Å². The maximum atomic E-state index is 13.6. The molecule has 1 unspecified atom stereocenters. The number of nitrogens with zero attached hydrogens (tertiary/aromatic N) is 4. The van der Waals surface area contributed by atoms with Crippen molar-refractivity contribution >= 4 is 17.2 Å². The number of anilines is 1. The van der Waals surface area contributed by atoms with E-state index in [4.69, 9.17) is 0 Å². The van der Waals surface area contributed by atoms with Crippen molar-refractivity contribution in [1.82, 2.24) is 14.8 Å². The summed E-state index contributed by atoms with van der Waals surface area (Å²) < 4.78 is 15.3. The fourth-order valence-corrected chi connectivity index (χ4v) is 4.07. The molecule has 2 atom stereocenters.